The number of hydrogen-bond donors (Lipinski definition) is 0. The second-order valence-electron chi connectivity index (χ2n) is 18.5. The lowest BCUT2D eigenvalue weighted by Gasteiger charge is -2.51. The summed E-state index contributed by atoms with van der Waals surface area (Å²) in [6, 6.07) is 27.1. The first kappa shape index (κ1) is 47.8. The summed E-state index contributed by atoms with van der Waals surface area (Å²) in [7, 11) is -10.0. The predicted octanol–water partition coefficient (Wildman–Crippen LogP) is 10.1. The molecule has 4 aliphatic heterocycles. The SMILES string of the molecule is CC(C)CC1C2CCC(CC2)N1S(=O)(=O)c1ccccc1.CC(C)CC1CCCN1S(=O)(=O)c1ccccc1.CC(C)CC1N(S(=O)(=O)c2ccccc2)CSC1(C)C. The van der Waals surface area contributed by atoms with E-state index in [-0.39, 0.29) is 28.9 Å². The molecule has 3 aromatic carbocycles. The fourth-order valence-electron chi connectivity index (χ4n) is 9.30. The molecule has 3 unspecified atom stereocenters. The topological polar surface area (TPSA) is 112 Å². The number of rotatable bonds is 12. The molecular formula is C46H69N3O6S4. The summed E-state index contributed by atoms with van der Waals surface area (Å²) in [5.41, 5.74) is 0. The third kappa shape index (κ3) is 11.6. The van der Waals surface area contributed by atoms with E-state index in [0.29, 0.717) is 50.8 Å². The van der Waals surface area contributed by atoms with Gasteiger partial charge in [0, 0.05) is 35.5 Å². The zero-order valence-corrected chi connectivity index (χ0v) is 39.7. The van der Waals surface area contributed by atoms with Crippen molar-refractivity contribution in [3.63, 3.8) is 0 Å². The Balaban J connectivity index is 0.000000169. The molecule has 3 atom stereocenters. The fraction of sp³-hybridized carbons (Fsp3) is 0.609. The first-order chi connectivity index (χ1) is 27.8. The van der Waals surface area contributed by atoms with Gasteiger partial charge in [0.25, 0.3) is 0 Å². The van der Waals surface area contributed by atoms with E-state index in [4.69, 9.17) is 0 Å². The van der Waals surface area contributed by atoms with Crippen molar-refractivity contribution >= 4 is 41.8 Å². The van der Waals surface area contributed by atoms with Gasteiger partial charge >= 0.3 is 0 Å². The highest BCUT2D eigenvalue weighted by molar-refractivity contribution is 8.02. The molecule has 1 aliphatic carbocycles. The van der Waals surface area contributed by atoms with Crippen LogP contribution in [-0.4, -0.2) is 79.5 Å². The maximum Gasteiger partial charge on any atom is 0.244 e. The molecule has 4 heterocycles. The molecule has 0 radical (unpaired) electrons. The van der Waals surface area contributed by atoms with Crippen molar-refractivity contribution in [2.24, 2.45) is 23.7 Å². The van der Waals surface area contributed by atoms with Crippen LogP contribution in [0.4, 0.5) is 0 Å². The lowest BCUT2D eigenvalue weighted by Crippen LogP contribution is -2.57. The number of thioether (sulfide) groups is 1. The van der Waals surface area contributed by atoms with Gasteiger partial charge in [0.2, 0.25) is 30.1 Å². The van der Waals surface area contributed by atoms with E-state index in [9.17, 15) is 25.3 Å². The van der Waals surface area contributed by atoms with Crippen LogP contribution in [0.2, 0.25) is 0 Å². The molecule has 1 saturated carbocycles. The number of fused-ring (bicyclic) bond motifs is 3. The number of piperidine rings is 2. The Morgan fingerprint density at radius 2 is 1.02 bits per heavy atom. The van der Waals surface area contributed by atoms with Crippen molar-refractivity contribution in [2.75, 3.05) is 12.4 Å². The summed E-state index contributed by atoms with van der Waals surface area (Å²) in [4.78, 5) is 1.26. The standard InChI is InChI=1S/C17H25NO2S.C15H23NO2S2.C14H21NO2S/c1-13(2)12-17-14-8-10-15(11-9-14)18(17)21(19,20)16-6-4-3-5-7-16;1-12(2)10-14-15(3,4)19-11-16(14)20(17,18)13-8-6-5-7-9-13;1-12(2)11-13-7-6-10-15(13)18(16,17)14-8-4-3-5-9-14/h3-7,13-15,17H,8-12H2,1-2H3;5-9,12,14H,10-11H2,1-4H3;3-5,8-9,12-13H,6-7,10-11H2,1-2H3. The van der Waals surface area contributed by atoms with Gasteiger partial charge in [-0.25, -0.2) is 25.3 Å². The first-order valence-electron chi connectivity index (χ1n) is 21.6. The van der Waals surface area contributed by atoms with E-state index in [1.807, 2.05) is 34.6 Å². The predicted molar refractivity (Wildman–Crippen MR) is 243 cm³/mol. The molecule has 2 bridgehead atoms. The van der Waals surface area contributed by atoms with E-state index in [1.54, 1.807) is 81.0 Å². The van der Waals surface area contributed by atoms with Crippen molar-refractivity contribution in [1.29, 1.82) is 0 Å². The third-order valence-electron chi connectivity index (χ3n) is 12.2. The van der Waals surface area contributed by atoms with Gasteiger partial charge in [0.05, 0.1) is 20.6 Å². The second kappa shape index (κ2) is 20.3. The van der Waals surface area contributed by atoms with Crippen LogP contribution in [0.1, 0.15) is 113 Å². The molecule has 5 aliphatic rings. The molecule has 3 aromatic rings. The van der Waals surface area contributed by atoms with Gasteiger partial charge in [-0.3, -0.25) is 0 Å². The molecule has 13 heteroatoms. The summed E-state index contributed by atoms with van der Waals surface area (Å²) >= 11 is 1.73. The zero-order chi connectivity index (χ0) is 43.2. The van der Waals surface area contributed by atoms with Crippen molar-refractivity contribution < 1.29 is 25.3 Å². The molecule has 328 valence electrons. The van der Waals surface area contributed by atoms with Crippen LogP contribution in [-0.2, 0) is 30.1 Å². The van der Waals surface area contributed by atoms with Crippen molar-refractivity contribution in [2.45, 2.75) is 157 Å². The Morgan fingerprint density at radius 1 is 0.576 bits per heavy atom. The van der Waals surface area contributed by atoms with Crippen LogP contribution in [0.3, 0.4) is 0 Å². The summed E-state index contributed by atoms with van der Waals surface area (Å²) in [6.07, 6.45) is 9.25. The molecular weight excluding hydrogens is 819 g/mol. The number of hydrogen-bond acceptors (Lipinski definition) is 7. The molecule has 0 amide bonds. The summed E-state index contributed by atoms with van der Waals surface area (Å²) in [6.45, 7) is 17.9. The van der Waals surface area contributed by atoms with Crippen molar-refractivity contribution in [1.82, 2.24) is 12.9 Å². The number of sulfonamides is 3. The minimum absolute atomic E-state index is 0.0356. The second-order valence-corrected chi connectivity index (χ2v) is 25.7. The molecule has 0 spiro atoms. The Hall–Kier alpha value is -2.26. The normalized spacial score (nSPS) is 25.2. The first-order valence-corrected chi connectivity index (χ1v) is 26.9. The largest absolute Gasteiger partial charge is 0.244 e. The Labute approximate surface area is 361 Å². The Kier molecular flexibility index (Phi) is 16.4. The molecule has 9 nitrogen and oxygen atoms in total. The monoisotopic (exact) mass is 887 g/mol. The minimum Gasteiger partial charge on any atom is -0.207 e. The molecule has 0 aromatic heterocycles. The molecule has 8 rings (SSSR count). The van der Waals surface area contributed by atoms with Gasteiger partial charge in [0.1, 0.15) is 0 Å². The van der Waals surface area contributed by atoms with Crippen molar-refractivity contribution in [3.8, 4) is 0 Å². The van der Waals surface area contributed by atoms with E-state index in [2.05, 4.69) is 55.4 Å². The van der Waals surface area contributed by atoms with E-state index in [1.165, 1.54) is 12.8 Å². The quantitative estimate of drug-likeness (QED) is 0.178. The van der Waals surface area contributed by atoms with Crippen LogP contribution in [0, 0.1) is 23.7 Å². The average molecular weight is 888 g/mol. The summed E-state index contributed by atoms with van der Waals surface area (Å²) < 4.78 is 82.2. The highest BCUT2D eigenvalue weighted by atomic mass is 32.2. The van der Waals surface area contributed by atoms with Crippen LogP contribution in [0.15, 0.2) is 106 Å². The minimum atomic E-state index is -3.39. The van der Waals surface area contributed by atoms with Crippen LogP contribution in [0.25, 0.3) is 0 Å². The van der Waals surface area contributed by atoms with Crippen LogP contribution < -0.4 is 0 Å². The number of nitrogens with zero attached hydrogens (tertiary/aromatic N) is 3. The Morgan fingerprint density at radius 3 is 1.47 bits per heavy atom. The van der Waals surface area contributed by atoms with Crippen molar-refractivity contribution in [3.05, 3.63) is 91.0 Å². The van der Waals surface area contributed by atoms with Gasteiger partial charge in [-0.1, -0.05) is 96.1 Å². The number of benzene rings is 3. The average Bonchev–Trinajstić information content (AvgIpc) is 3.79. The van der Waals surface area contributed by atoms with Gasteiger partial charge in [-0.15, -0.1) is 11.8 Å². The lowest BCUT2D eigenvalue weighted by atomic mass is 9.74. The molecule has 59 heavy (non-hydrogen) atoms. The van der Waals surface area contributed by atoms with Gasteiger partial charge in [-0.2, -0.15) is 12.9 Å². The molecule has 5 fully saturated rings. The van der Waals surface area contributed by atoms with Gasteiger partial charge in [-0.05, 0) is 132 Å². The van der Waals surface area contributed by atoms with Gasteiger partial charge < -0.3 is 0 Å². The van der Waals surface area contributed by atoms with E-state index in [0.717, 1.165) is 44.9 Å². The molecule has 0 N–H and O–H groups in total. The highest BCUT2D eigenvalue weighted by Crippen LogP contribution is 2.46. The molecule has 4 saturated heterocycles. The van der Waals surface area contributed by atoms with Crippen LogP contribution >= 0.6 is 11.8 Å². The van der Waals surface area contributed by atoms with Gasteiger partial charge in [0.15, 0.2) is 0 Å². The lowest BCUT2D eigenvalue weighted by molar-refractivity contribution is 0.0435. The zero-order valence-electron chi connectivity index (χ0n) is 36.5. The van der Waals surface area contributed by atoms with E-state index >= 15 is 0 Å². The highest BCUT2D eigenvalue weighted by Gasteiger charge is 2.48. The summed E-state index contributed by atoms with van der Waals surface area (Å²) in [5.74, 6) is 2.63. The summed E-state index contributed by atoms with van der Waals surface area (Å²) in [5, 5.41) is 0. The Bertz CT molecular complexity index is 2090. The van der Waals surface area contributed by atoms with Crippen LogP contribution in [0.5, 0.6) is 0 Å². The maximum atomic E-state index is 13.1. The van der Waals surface area contributed by atoms with E-state index < -0.39 is 30.1 Å². The third-order valence-corrected chi connectivity index (χ3v) is 19.6. The maximum absolute atomic E-state index is 13.1. The fourth-order valence-corrected chi connectivity index (χ4v) is 16.3. The smallest absolute Gasteiger partial charge is 0.207 e.